The molecule has 3 rings (SSSR count). The predicted octanol–water partition coefficient (Wildman–Crippen LogP) is 2.41. The fourth-order valence-electron chi connectivity index (χ4n) is 3.16. The number of rotatable bonds is 4. The van der Waals surface area contributed by atoms with E-state index in [2.05, 4.69) is 10.1 Å². The number of hydrogen-bond donors (Lipinski definition) is 1. The molecule has 0 radical (unpaired) electrons. The number of carbonyl (C=O) groups is 2. The van der Waals surface area contributed by atoms with Crippen molar-refractivity contribution in [3.8, 4) is 5.75 Å². The Kier molecular flexibility index (Phi) is 5.75. The number of amides is 2. The average molecular weight is 348 g/mol. The highest BCUT2D eigenvalue weighted by atomic mass is 16.6. The summed E-state index contributed by atoms with van der Waals surface area (Å²) in [6, 6.07) is 7.15. The Balaban J connectivity index is 1.63. The Morgan fingerprint density at radius 3 is 2.76 bits per heavy atom. The molecule has 1 aromatic carbocycles. The normalized spacial score (nSPS) is 21.0. The number of hydrogen-bond acceptors (Lipinski definition) is 5. The van der Waals surface area contributed by atoms with Gasteiger partial charge in [0, 0.05) is 6.54 Å². The van der Waals surface area contributed by atoms with Crippen molar-refractivity contribution in [2.75, 3.05) is 32.1 Å². The Morgan fingerprint density at radius 1 is 1.24 bits per heavy atom. The Hall–Kier alpha value is -2.28. The van der Waals surface area contributed by atoms with Crippen LogP contribution in [0.4, 0.5) is 10.5 Å². The molecule has 1 saturated carbocycles. The molecular weight excluding hydrogens is 324 g/mol. The van der Waals surface area contributed by atoms with Gasteiger partial charge in [0.15, 0.2) is 6.10 Å². The van der Waals surface area contributed by atoms with Crippen LogP contribution in [0, 0.1) is 0 Å². The molecule has 2 amide bonds. The van der Waals surface area contributed by atoms with Crippen LogP contribution in [-0.2, 0) is 14.3 Å². The summed E-state index contributed by atoms with van der Waals surface area (Å²) in [6.45, 7) is 0.891. The smallest absolute Gasteiger partial charge is 0.336 e. The zero-order chi connectivity index (χ0) is 17.6. The number of ether oxygens (including phenoxy) is 3. The van der Waals surface area contributed by atoms with E-state index in [1.807, 2.05) is 24.3 Å². The topological polar surface area (TPSA) is 77.1 Å². The summed E-state index contributed by atoms with van der Waals surface area (Å²) in [7, 11) is 1.31. The molecule has 7 heteroatoms. The third kappa shape index (κ3) is 4.42. The van der Waals surface area contributed by atoms with Gasteiger partial charge in [-0.3, -0.25) is 0 Å². The minimum atomic E-state index is -0.741. The van der Waals surface area contributed by atoms with Gasteiger partial charge >= 0.3 is 12.0 Å². The molecule has 0 bridgehead atoms. The van der Waals surface area contributed by atoms with Crippen molar-refractivity contribution in [2.45, 2.75) is 37.9 Å². The molecule has 136 valence electrons. The highest BCUT2D eigenvalue weighted by Gasteiger charge is 2.30. The van der Waals surface area contributed by atoms with Crippen LogP contribution in [0.25, 0.3) is 0 Å². The first kappa shape index (κ1) is 17.5. The van der Waals surface area contributed by atoms with Crippen molar-refractivity contribution in [3.05, 3.63) is 24.3 Å². The molecule has 0 spiro atoms. The third-order valence-corrected chi connectivity index (χ3v) is 4.54. The number of anilines is 1. The van der Waals surface area contributed by atoms with E-state index in [1.54, 1.807) is 4.90 Å². The highest BCUT2D eigenvalue weighted by molar-refractivity contribution is 5.91. The highest BCUT2D eigenvalue weighted by Crippen LogP contribution is 2.30. The number of esters is 1. The molecule has 1 aromatic rings. The number of para-hydroxylation sites is 2. The van der Waals surface area contributed by atoms with E-state index in [9.17, 15) is 9.59 Å². The zero-order valence-corrected chi connectivity index (χ0v) is 14.4. The Labute approximate surface area is 147 Å². The SMILES string of the molecule is COC(=O)C1CN(C(=O)Nc2ccccc2OC2CCCC2)CCO1. The quantitative estimate of drug-likeness (QED) is 0.846. The lowest BCUT2D eigenvalue weighted by molar-refractivity contribution is -0.158. The van der Waals surface area contributed by atoms with Gasteiger partial charge in [0.05, 0.1) is 32.1 Å². The second kappa shape index (κ2) is 8.20. The molecule has 1 unspecified atom stereocenters. The minimum Gasteiger partial charge on any atom is -0.488 e. The van der Waals surface area contributed by atoms with E-state index < -0.39 is 12.1 Å². The standard InChI is InChI=1S/C18H24N2O5/c1-23-17(21)16-12-20(10-11-24-16)18(22)19-14-8-4-5-9-15(14)25-13-6-2-3-7-13/h4-5,8-9,13,16H,2-3,6-7,10-12H2,1H3,(H,19,22). The molecule has 1 saturated heterocycles. The first-order valence-electron chi connectivity index (χ1n) is 8.68. The second-order valence-electron chi connectivity index (χ2n) is 6.28. The average Bonchev–Trinajstić information content (AvgIpc) is 3.16. The fourth-order valence-corrected chi connectivity index (χ4v) is 3.16. The Morgan fingerprint density at radius 2 is 2.00 bits per heavy atom. The lowest BCUT2D eigenvalue weighted by atomic mass is 10.2. The molecule has 25 heavy (non-hydrogen) atoms. The van der Waals surface area contributed by atoms with E-state index in [-0.39, 0.29) is 18.7 Å². The predicted molar refractivity (Wildman–Crippen MR) is 91.7 cm³/mol. The van der Waals surface area contributed by atoms with Crippen molar-refractivity contribution in [3.63, 3.8) is 0 Å². The molecule has 1 heterocycles. The maximum absolute atomic E-state index is 12.6. The van der Waals surface area contributed by atoms with Gasteiger partial charge in [-0.2, -0.15) is 0 Å². The van der Waals surface area contributed by atoms with Gasteiger partial charge < -0.3 is 24.4 Å². The molecule has 2 aliphatic rings. The lowest BCUT2D eigenvalue weighted by Gasteiger charge is -2.31. The molecule has 1 N–H and O–H groups in total. The first-order chi connectivity index (χ1) is 12.2. The summed E-state index contributed by atoms with van der Waals surface area (Å²) >= 11 is 0. The molecular formula is C18H24N2O5. The number of urea groups is 1. The molecule has 7 nitrogen and oxygen atoms in total. The number of morpholine rings is 1. The number of benzene rings is 1. The maximum atomic E-state index is 12.6. The second-order valence-corrected chi connectivity index (χ2v) is 6.28. The van der Waals surface area contributed by atoms with Gasteiger partial charge in [-0.15, -0.1) is 0 Å². The van der Waals surface area contributed by atoms with E-state index in [4.69, 9.17) is 9.47 Å². The van der Waals surface area contributed by atoms with Crippen LogP contribution in [0.3, 0.4) is 0 Å². The number of nitrogens with zero attached hydrogens (tertiary/aromatic N) is 1. The van der Waals surface area contributed by atoms with Gasteiger partial charge in [0.1, 0.15) is 5.75 Å². The summed E-state index contributed by atoms with van der Waals surface area (Å²) in [5, 5.41) is 2.89. The number of methoxy groups -OCH3 is 1. The van der Waals surface area contributed by atoms with Gasteiger partial charge in [-0.1, -0.05) is 12.1 Å². The van der Waals surface area contributed by atoms with Crippen LogP contribution in [0.1, 0.15) is 25.7 Å². The largest absolute Gasteiger partial charge is 0.488 e. The summed E-state index contributed by atoms with van der Waals surface area (Å²) in [4.78, 5) is 25.7. The number of carbonyl (C=O) groups excluding carboxylic acids is 2. The van der Waals surface area contributed by atoms with Crippen LogP contribution in [0.15, 0.2) is 24.3 Å². The summed E-state index contributed by atoms with van der Waals surface area (Å²) in [5.74, 6) is 0.211. The van der Waals surface area contributed by atoms with E-state index >= 15 is 0 Å². The summed E-state index contributed by atoms with van der Waals surface area (Å²) < 4.78 is 16.1. The van der Waals surface area contributed by atoms with Crippen LogP contribution in [-0.4, -0.2) is 55.9 Å². The van der Waals surface area contributed by atoms with Crippen molar-refractivity contribution in [2.24, 2.45) is 0 Å². The third-order valence-electron chi connectivity index (χ3n) is 4.54. The van der Waals surface area contributed by atoms with Gasteiger partial charge in [-0.25, -0.2) is 9.59 Å². The molecule has 1 aliphatic carbocycles. The monoisotopic (exact) mass is 348 g/mol. The van der Waals surface area contributed by atoms with E-state index in [0.717, 1.165) is 12.8 Å². The lowest BCUT2D eigenvalue weighted by Crippen LogP contribution is -2.50. The first-order valence-corrected chi connectivity index (χ1v) is 8.68. The minimum absolute atomic E-state index is 0.171. The van der Waals surface area contributed by atoms with Gasteiger partial charge in [-0.05, 0) is 37.8 Å². The van der Waals surface area contributed by atoms with E-state index in [1.165, 1.54) is 20.0 Å². The summed E-state index contributed by atoms with van der Waals surface area (Å²) in [6.07, 6.45) is 3.93. The molecule has 2 fully saturated rings. The van der Waals surface area contributed by atoms with Crippen molar-refractivity contribution in [1.29, 1.82) is 0 Å². The molecule has 1 aliphatic heterocycles. The van der Waals surface area contributed by atoms with Crippen LogP contribution in [0.5, 0.6) is 5.75 Å². The van der Waals surface area contributed by atoms with Crippen molar-refractivity contribution < 1.29 is 23.8 Å². The van der Waals surface area contributed by atoms with Crippen LogP contribution >= 0.6 is 0 Å². The Bertz CT molecular complexity index is 615. The van der Waals surface area contributed by atoms with Crippen LogP contribution in [0.2, 0.25) is 0 Å². The van der Waals surface area contributed by atoms with Gasteiger partial charge in [0.25, 0.3) is 0 Å². The van der Waals surface area contributed by atoms with Crippen molar-refractivity contribution >= 4 is 17.7 Å². The van der Waals surface area contributed by atoms with Gasteiger partial charge in [0.2, 0.25) is 0 Å². The molecule has 0 aromatic heterocycles. The van der Waals surface area contributed by atoms with Crippen LogP contribution < -0.4 is 10.1 Å². The zero-order valence-electron chi connectivity index (χ0n) is 14.4. The molecule has 1 atom stereocenters. The van der Waals surface area contributed by atoms with E-state index in [0.29, 0.717) is 24.6 Å². The number of nitrogens with one attached hydrogen (secondary N) is 1. The fraction of sp³-hybridized carbons (Fsp3) is 0.556. The summed E-state index contributed by atoms with van der Waals surface area (Å²) in [5.41, 5.74) is 0.639. The maximum Gasteiger partial charge on any atom is 0.336 e. The van der Waals surface area contributed by atoms with Crippen molar-refractivity contribution in [1.82, 2.24) is 4.90 Å².